The van der Waals surface area contributed by atoms with Gasteiger partial charge in [0.2, 0.25) is 0 Å². The number of hydrogen-bond acceptors (Lipinski definition) is 4. The molecule has 0 saturated carbocycles. The zero-order valence-electron chi connectivity index (χ0n) is 21.4. The van der Waals surface area contributed by atoms with Gasteiger partial charge in [-0.25, -0.2) is 9.38 Å². The number of rotatable bonds is 6. The van der Waals surface area contributed by atoms with E-state index >= 15 is 0 Å². The van der Waals surface area contributed by atoms with Gasteiger partial charge in [-0.2, -0.15) is 0 Å². The highest BCUT2D eigenvalue weighted by molar-refractivity contribution is 9.10. The molecule has 0 bridgehead atoms. The molecular weight excluding hydrogens is 634 g/mol. The maximum atomic E-state index is 14.2. The monoisotopic (exact) mass is 654 g/mol. The number of amidine groups is 1. The van der Waals surface area contributed by atoms with Gasteiger partial charge >= 0.3 is 0 Å². The molecule has 1 amide bonds. The van der Waals surface area contributed by atoms with Crippen molar-refractivity contribution in [1.29, 1.82) is 0 Å². The summed E-state index contributed by atoms with van der Waals surface area (Å²) in [5, 5.41) is 1.59. The number of anilines is 1. The fourth-order valence-electron chi connectivity index (χ4n) is 3.93. The van der Waals surface area contributed by atoms with E-state index in [4.69, 9.17) is 32.9 Å². The molecule has 1 saturated heterocycles. The van der Waals surface area contributed by atoms with Crippen molar-refractivity contribution in [3.05, 3.63) is 126 Å². The van der Waals surface area contributed by atoms with E-state index in [2.05, 4.69) is 15.9 Å². The number of halogens is 4. The molecule has 0 radical (unpaired) electrons. The first-order valence-electron chi connectivity index (χ1n) is 12.2. The van der Waals surface area contributed by atoms with Crippen molar-refractivity contribution in [2.24, 2.45) is 4.99 Å². The van der Waals surface area contributed by atoms with Crippen LogP contribution in [0.3, 0.4) is 0 Å². The van der Waals surface area contributed by atoms with E-state index < -0.39 is 0 Å². The van der Waals surface area contributed by atoms with E-state index in [1.165, 1.54) is 22.7 Å². The molecule has 0 aromatic heterocycles. The van der Waals surface area contributed by atoms with Crippen LogP contribution in [0.5, 0.6) is 5.75 Å². The SMILES string of the molecule is Cc1ccc(N=C2S/C(=C/c3cc(Br)ccc3OCc3ccccc3F)C(=O)N2c2ccc(C)c(Cl)c2)cc1Cl. The number of amides is 1. The second-order valence-electron chi connectivity index (χ2n) is 9.07. The van der Waals surface area contributed by atoms with Crippen molar-refractivity contribution in [1.82, 2.24) is 0 Å². The number of ether oxygens (including phenoxy) is 1. The molecule has 0 aliphatic carbocycles. The summed E-state index contributed by atoms with van der Waals surface area (Å²) in [6.45, 7) is 3.86. The summed E-state index contributed by atoms with van der Waals surface area (Å²) < 4.78 is 21.0. The minimum Gasteiger partial charge on any atom is -0.488 e. The quantitative estimate of drug-likeness (QED) is 0.194. The average Bonchev–Trinajstić information content (AvgIpc) is 3.22. The Kier molecular flexibility index (Phi) is 8.66. The molecule has 202 valence electrons. The van der Waals surface area contributed by atoms with Gasteiger partial charge in [0, 0.05) is 25.6 Å². The van der Waals surface area contributed by atoms with Crippen LogP contribution in [0.15, 0.2) is 93.2 Å². The van der Waals surface area contributed by atoms with Crippen molar-refractivity contribution in [3.63, 3.8) is 0 Å². The van der Waals surface area contributed by atoms with Gasteiger partial charge in [-0.15, -0.1) is 0 Å². The smallest absolute Gasteiger partial charge is 0.271 e. The van der Waals surface area contributed by atoms with Crippen LogP contribution in [0, 0.1) is 19.7 Å². The Morgan fingerprint density at radius 3 is 2.42 bits per heavy atom. The lowest BCUT2D eigenvalue weighted by molar-refractivity contribution is -0.113. The molecule has 0 atom stereocenters. The van der Waals surface area contributed by atoms with E-state index in [0.29, 0.717) is 48.4 Å². The Labute approximate surface area is 254 Å². The first kappa shape index (κ1) is 28.4. The van der Waals surface area contributed by atoms with Gasteiger partial charge in [-0.05, 0) is 91.3 Å². The molecule has 4 aromatic carbocycles. The molecule has 1 aliphatic heterocycles. The lowest BCUT2D eigenvalue weighted by atomic mass is 10.1. The van der Waals surface area contributed by atoms with Crippen LogP contribution < -0.4 is 9.64 Å². The van der Waals surface area contributed by atoms with E-state index in [1.807, 2.05) is 50.2 Å². The summed E-state index contributed by atoms with van der Waals surface area (Å²) in [6, 6.07) is 22.9. The summed E-state index contributed by atoms with van der Waals surface area (Å²) in [5.41, 5.74) is 4.13. The summed E-state index contributed by atoms with van der Waals surface area (Å²) in [5.74, 6) is -0.0969. The lowest BCUT2D eigenvalue weighted by Gasteiger charge is -2.16. The highest BCUT2D eigenvalue weighted by Gasteiger charge is 2.35. The molecule has 1 fully saturated rings. The molecule has 4 nitrogen and oxygen atoms in total. The molecule has 4 aromatic rings. The second-order valence-corrected chi connectivity index (χ2v) is 11.8. The molecule has 9 heteroatoms. The highest BCUT2D eigenvalue weighted by Crippen LogP contribution is 2.40. The van der Waals surface area contributed by atoms with Gasteiger partial charge in [0.1, 0.15) is 18.2 Å². The number of carbonyl (C=O) groups is 1. The van der Waals surface area contributed by atoms with Gasteiger partial charge < -0.3 is 4.74 Å². The fraction of sp³-hybridized carbons (Fsp3) is 0.0968. The Morgan fingerprint density at radius 1 is 0.975 bits per heavy atom. The maximum Gasteiger partial charge on any atom is 0.271 e. The Morgan fingerprint density at radius 2 is 1.70 bits per heavy atom. The third-order valence-corrected chi connectivity index (χ3v) is 8.48. The van der Waals surface area contributed by atoms with Gasteiger partial charge in [0.15, 0.2) is 5.17 Å². The Bertz CT molecular complexity index is 1690. The van der Waals surface area contributed by atoms with Crippen LogP contribution in [0.25, 0.3) is 6.08 Å². The molecule has 0 spiro atoms. The van der Waals surface area contributed by atoms with Crippen LogP contribution in [0.1, 0.15) is 22.3 Å². The largest absolute Gasteiger partial charge is 0.488 e. The Hall–Kier alpha value is -3.10. The zero-order chi connectivity index (χ0) is 28.4. The minimum atomic E-state index is -0.342. The number of thioether (sulfide) groups is 1. The number of benzene rings is 4. The molecule has 5 rings (SSSR count). The van der Waals surface area contributed by atoms with Gasteiger partial charge in [0.05, 0.1) is 16.3 Å². The zero-order valence-corrected chi connectivity index (χ0v) is 25.3. The molecule has 1 aliphatic rings. The van der Waals surface area contributed by atoms with E-state index in [1.54, 1.807) is 42.5 Å². The third-order valence-electron chi connectivity index (χ3n) is 6.20. The predicted octanol–water partition coefficient (Wildman–Crippen LogP) is 9.90. The van der Waals surface area contributed by atoms with Crippen molar-refractivity contribution in [2.75, 3.05) is 4.90 Å². The van der Waals surface area contributed by atoms with Crippen molar-refractivity contribution in [3.8, 4) is 5.75 Å². The molecule has 40 heavy (non-hydrogen) atoms. The van der Waals surface area contributed by atoms with Crippen LogP contribution in [-0.4, -0.2) is 11.1 Å². The fourth-order valence-corrected chi connectivity index (χ4v) is 5.65. The number of carbonyl (C=O) groups excluding carboxylic acids is 1. The number of aliphatic imine (C=N–C) groups is 1. The molecular formula is C31H22BrCl2FN2O2S. The summed E-state index contributed by atoms with van der Waals surface area (Å²) >= 11 is 17.5. The van der Waals surface area contributed by atoms with E-state index in [0.717, 1.165) is 15.6 Å². The number of aryl methyl sites for hydroxylation is 2. The van der Waals surface area contributed by atoms with Crippen molar-refractivity contribution < 1.29 is 13.9 Å². The number of nitrogens with zero attached hydrogens (tertiary/aromatic N) is 2. The number of hydrogen-bond donors (Lipinski definition) is 0. The molecule has 0 N–H and O–H groups in total. The first-order chi connectivity index (χ1) is 19.2. The third kappa shape index (κ3) is 6.28. The summed E-state index contributed by atoms with van der Waals surface area (Å²) in [6.07, 6.45) is 1.75. The highest BCUT2D eigenvalue weighted by atomic mass is 79.9. The van der Waals surface area contributed by atoms with Gasteiger partial charge in [-0.1, -0.05) is 69.5 Å². The van der Waals surface area contributed by atoms with Gasteiger partial charge in [-0.3, -0.25) is 9.69 Å². The lowest BCUT2D eigenvalue weighted by Crippen LogP contribution is -2.28. The van der Waals surface area contributed by atoms with Crippen molar-refractivity contribution >= 4 is 79.4 Å². The summed E-state index contributed by atoms with van der Waals surface area (Å²) in [7, 11) is 0. The first-order valence-corrected chi connectivity index (χ1v) is 14.6. The summed E-state index contributed by atoms with van der Waals surface area (Å²) in [4.78, 5) is 20.6. The van der Waals surface area contributed by atoms with Crippen LogP contribution >= 0.6 is 50.9 Å². The van der Waals surface area contributed by atoms with Crippen LogP contribution in [0.2, 0.25) is 10.0 Å². The molecule has 0 unspecified atom stereocenters. The van der Waals surface area contributed by atoms with E-state index in [-0.39, 0.29) is 18.3 Å². The van der Waals surface area contributed by atoms with E-state index in [9.17, 15) is 9.18 Å². The molecule has 1 heterocycles. The maximum absolute atomic E-state index is 14.2. The topological polar surface area (TPSA) is 41.9 Å². The van der Waals surface area contributed by atoms with Gasteiger partial charge in [0.25, 0.3) is 5.91 Å². The minimum absolute atomic E-state index is 0.0421. The normalized spacial score (nSPS) is 15.3. The standard InChI is InChI=1S/C31H22BrCl2FN2O2S/c1-18-7-10-23(15-25(18)33)36-31-37(24-11-8-19(2)26(34)16-24)30(38)29(40-31)14-21-13-22(32)9-12-28(21)39-17-20-5-3-4-6-27(20)35/h3-16H,17H2,1-2H3/b29-14+,36-31?. The second kappa shape index (κ2) is 12.2. The van der Waals surface area contributed by atoms with Crippen molar-refractivity contribution in [2.45, 2.75) is 20.5 Å². The Balaban J connectivity index is 1.54. The van der Waals surface area contributed by atoms with Crippen LogP contribution in [0.4, 0.5) is 15.8 Å². The predicted molar refractivity (Wildman–Crippen MR) is 167 cm³/mol. The van der Waals surface area contributed by atoms with Crippen LogP contribution in [-0.2, 0) is 11.4 Å². The average molecular weight is 656 g/mol.